The van der Waals surface area contributed by atoms with Gasteiger partial charge in [0, 0.05) is 11.4 Å². The summed E-state index contributed by atoms with van der Waals surface area (Å²) in [6, 6.07) is 7.82. The summed E-state index contributed by atoms with van der Waals surface area (Å²) in [6.45, 7) is 7.15. The van der Waals surface area contributed by atoms with E-state index in [0.29, 0.717) is 5.92 Å². The van der Waals surface area contributed by atoms with Crippen molar-refractivity contribution in [1.82, 2.24) is 5.32 Å². The first-order valence-electron chi connectivity index (χ1n) is 8.19. The fourth-order valence-electron chi connectivity index (χ4n) is 2.24. The third-order valence-corrected chi connectivity index (χ3v) is 4.96. The van der Waals surface area contributed by atoms with E-state index in [4.69, 9.17) is 4.74 Å². The molecule has 0 aliphatic carbocycles. The van der Waals surface area contributed by atoms with Gasteiger partial charge < -0.3 is 10.1 Å². The summed E-state index contributed by atoms with van der Waals surface area (Å²) in [7, 11) is 1.65. The van der Waals surface area contributed by atoms with Gasteiger partial charge in [-0.25, -0.2) is 0 Å². The van der Waals surface area contributed by atoms with Crippen LogP contribution in [0.15, 0.2) is 29.2 Å². The zero-order chi connectivity index (χ0) is 16.4. The molecule has 0 saturated carbocycles. The molecular weight excluding hydrogens is 294 g/mol. The number of amides is 1. The molecule has 0 aliphatic heterocycles. The zero-order valence-corrected chi connectivity index (χ0v) is 15.0. The first-order valence-corrected chi connectivity index (χ1v) is 9.07. The Morgan fingerprint density at radius 1 is 1.27 bits per heavy atom. The number of rotatable bonds is 10. The highest BCUT2D eigenvalue weighted by Gasteiger charge is 2.15. The van der Waals surface area contributed by atoms with Crippen LogP contribution in [-0.4, -0.2) is 24.8 Å². The van der Waals surface area contributed by atoms with Crippen molar-refractivity contribution in [2.45, 2.75) is 56.6 Å². The maximum Gasteiger partial charge on any atom is 0.233 e. The van der Waals surface area contributed by atoms with Crippen LogP contribution in [0.2, 0.25) is 0 Å². The number of benzene rings is 1. The van der Waals surface area contributed by atoms with Crippen LogP contribution in [0, 0.1) is 5.92 Å². The zero-order valence-electron chi connectivity index (χ0n) is 14.2. The second-order valence-corrected chi connectivity index (χ2v) is 7.01. The van der Waals surface area contributed by atoms with E-state index < -0.39 is 0 Å². The van der Waals surface area contributed by atoms with Gasteiger partial charge in [-0.2, -0.15) is 0 Å². The topological polar surface area (TPSA) is 38.3 Å². The molecule has 1 rings (SSSR count). The van der Waals surface area contributed by atoms with Gasteiger partial charge in [0.2, 0.25) is 5.91 Å². The third-order valence-electron chi connectivity index (χ3n) is 3.85. The van der Waals surface area contributed by atoms with Gasteiger partial charge in [-0.05, 0) is 43.5 Å². The first-order chi connectivity index (χ1) is 10.6. The van der Waals surface area contributed by atoms with Gasteiger partial charge in [0.05, 0.1) is 12.4 Å². The number of hydrogen-bond acceptors (Lipinski definition) is 3. The normalized spacial score (nSPS) is 13.5. The summed E-state index contributed by atoms with van der Waals surface area (Å²) in [5, 5.41) is 3.01. The summed E-state index contributed by atoms with van der Waals surface area (Å²) in [5.41, 5.74) is 0. The van der Waals surface area contributed by atoms with E-state index in [1.165, 1.54) is 19.3 Å². The molecule has 1 N–H and O–H groups in total. The van der Waals surface area contributed by atoms with Crippen LogP contribution in [-0.2, 0) is 4.79 Å². The maximum atomic E-state index is 12.2. The Hall–Kier alpha value is -1.16. The number of nitrogens with one attached hydrogen (secondary N) is 1. The Morgan fingerprint density at radius 3 is 2.50 bits per heavy atom. The Bertz CT molecular complexity index is 433. The van der Waals surface area contributed by atoms with Gasteiger partial charge in [0.1, 0.15) is 5.75 Å². The lowest BCUT2D eigenvalue weighted by Crippen LogP contribution is -2.34. The highest BCUT2D eigenvalue weighted by atomic mass is 32.2. The fourth-order valence-corrected chi connectivity index (χ4v) is 3.14. The minimum absolute atomic E-state index is 0.0860. The van der Waals surface area contributed by atoms with E-state index >= 15 is 0 Å². The lowest BCUT2D eigenvalue weighted by Gasteiger charge is -2.17. The number of ether oxygens (including phenoxy) is 1. The SMILES string of the molecule is CCCCC(CC)CNC(=O)C(C)Sc1ccc(OC)cc1. The van der Waals surface area contributed by atoms with Crippen molar-refractivity contribution in [3.05, 3.63) is 24.3 Å². The molecule has 0 radical (unpaired) electrons. The van der Waals surface area contributed by atoms with Crippen molar-refractivity contribution in [3.8, 4) is 5.75 Å². The first kappa shape index (κ1) is 18.9. The average molecular weight is 324 g/mol. The summed E-state index contributed by atoms with van der Waals surface area (Å²) in [5.74, 6) is 1.56. The molecule has 3 nitrogen and oxygen atoms in total. The van der Waals surface area contributed by atoms with Gasteiger partial charge in [0.15, 0.2) is 0 Å². The van der Waals surface area contributed by atoms with E-state index in [-0.39, 0.29) is 11.2 Å². The Labute approximate surface area is 139 Å². The quantitative estimate of drug-likeness (QED) is 0.644. The predicted octanol–water partition coefficient (Wildman–Crippen LogP) is 4.51. The second-order valence-electron chi connectivity index (χ2n) is 5.60. The summed E-state index contributed by atoms with van der Waals surface area (Å²) in [6.07, 6.45) is 4.78. The molecule has 0 saturated heterocycles. The molecule has 1 amide bonds. The molecule has 0 heterocycles. The second kappa shape index (κ2) is 10.5. The number of methoxy groups -OCH3 is 1. The van der Waals surface area contributed by atoms with E-state index in [9.17, 15) is 4.79 Å². The van der Waals surface area contributed by atoms with Gasteiger partial charge in [0.25, 0.3) is 0 Å². The number of carbonyl (C=O) groups is 1. The van der Waals surface area contributed by atoms with Gasteiger partial charge in [-0.3, -0.25) is 4.79 Å². The molecule has 2 unspecified atom stereocenters. The van der Waals surface area contributed by atoms with E-state index in [1.54, 1.807) is 18.9 Å². The number of unbranched alkanes of at least 4 members (excludes halogenated alkanes) is 1. The smallest absolute Gasteiger partial charge is 0.233 e. The highest BCUT2D eigenvalue weighted by molar-refractivity contribution is 8.00. The monoisotopic (exact) mass is 323 g/mol. The number of hydrogen-bond donors (Lipinski definition) is 1. The maximum absolute atomic E-state index is 12.2. The molecule has 0 spiro atoms. The molecular formula is C18H29NO2S. The van der Waals surface area contributed by atoms with Crippen molar-refractivity contribution in [2.24, 2.45) is 5.92 Å². The lowest BCUT2D eigenvalue weighted by atomic mass is 9.99. The van der Waals surface area contributed by atoms with Crippen LogP contribution in [0.1, 0.15) is 46.5 Å². The number of thioether (sulfide) groups is 1. The number of carbonyl (C=O) groups excluding carboxylic acids is 1. The summed E-state index contributed by atoms with van der Waals surface area (Å²) >= 11 is 1.58. The van der Waals surface area contributed by atoms with Crippen LogP contribution in [0.3, 0.4) is 0 Å². The van der Waals surface area contributed by atoms with Crippen LogP contribution < -0.4 is 10.1 Å². The third kappa shape index (κ3) is 6.73. The molecule has 0 fully saturated rings. The van der Waals surface area contributed by atoms with Crippen LogP contribution in [0.5, 0.6) is 5.75 Å². The molecule has 2 atom stereocenters. The van der Waals surface area contributed by atoms with E-state index in [2.05, 4.69) is 19.2 Å². The standard InChI is InChI=1S/C18H29NO2S/c1-5-7-8-15(6-2)13-19-18(20)14(3)22-17-11-9-16(21-4)10-12-17/h9-12,14-15H,5-8,13H2,1-4H3,(H,19,20). The molecule has 1 aromatic rings. The summed E-state index contributed by atoms with van der Waals surface area (Å²) in [4.78, 5) is 13.3. The lowest BCUT2D eigenvalue weighted by molar-refractivity contribution is -0.120. The van der Waals surface area contributed by atoms with Crippen molar-refractivity contribution in [2.75, 3.05) is 13.7 Å². The minimum atomic E-state index is -0.0860. The van der Waals surface area contributed by atoms with Crippen LogP contribution in [0.25, 0.3) is 0 Å². The average Bonchev–Trinajstić information content (AvgIpc) is 2.55. The molecule has 1 aromatic carbocycles. The van der Waals surface area contributed by atoms with Crippen molar-refractivity contribution < 1.29 is 9.53 Å². The summed E-state index contributed by atoms with van der Waals surface area (Å²) < 4.78 is 5.14. The molecule has 0 bridgehead atoms. The molecule has 124 valence electrons. The largest absolute Gasteiger partial charge is 0.497 e. The van der Waals surface area contributed by atoms with Crippen LogP contribution in [0.4, 0.5) is 0 Å². The van der Waals surface area contributed by atoms with Gasteiger partial charge >= 0.3 is 0 Å². The van der Waals surface area contributed by atoms with Crippen molar-refractivity contribution in [3.63, 3.8) is 0 Å². The van der Waals surface area contributed by atoms with E-state index in [1.807, 2.05) is 31.2 Å². The van der Waals surface area contributed by atoms with Crippen molar-refractivity contribution in [1.29, 1.82) is 0 Å². The Morgan fingerprint density at radius 2 is 1.95 bits per heavy atom. The highest BCUT2D eigenvalue weighted by Crippen LogP contribution is 2.25. The molecule has 22 heavy (non-hydrogen) atoms. The molecule has 4 heteroatoms. The molecule has 0 aromatic heterocycles. The predicted molar refractivity (Wildman–Crippen MR) is 94.6 cm³/mol. The van der Waals surface area contributed by atoms with Crippen molar-refractivity contribution >= 4 is 17.7 Å². The fraction of sp³-hybridized carbons (Fsp3) is 0.611. The van der Waals surface area contributed by atoms with Gasteiger partial charge in [-0.1, -0.05) is 33.1 Å². The van der Waals surface area contributed by atoms with Crippen LogP contribution >= 0.6 is 11.8 Å². The Balaban J connectivity index is 2.40. The van der Waals surface area contributed by atoms with E-state index in [0.717, 1.165) is 23.6 Å². The minimum Gasteiger partial charge on any atom is -0.497 e. The van der Waals surface area contributed by atoms with Gasteiger partial charge in [-0.15, -0.1) is 11.8 Å². The Kier molecular flexibility index (Phi) is 9.05. The molecule has 0 aliphatic rings.